The smallest absolute Gasteiger partial charge is 0.239 e. The Morgan fingerprint density at radius 2 is 1.79 bits per heavy atom. The van der Waals surface area contributed by atoms with E-state index in [4.69, 9.17) is 4.99 Å². The summed E-state index contributed by atoms with van der Waals surface area (Å²) in [6.07, 6.45) is 11.3. The highest BCUT2D eigenvalue weighted by Gasteiger charge is 2.55. The van der Waals surface area contributed by atoms with Gasteiger partial charge in [-0.15, -0.1) is 0 Å². The van der Waals surface area contributed by atoms with E-state index in [-0.39, 0.29) is 11.8 Å². The molecular weight excluding hydrogens is 474 g/mol. The fourth-order valence-electron chi connectivity index (χ4n) is 6.46. The standard InChI is InChI=1S/C31H43N5O2/c1-3-4-10-25(2)34-19-21-35(22-20-34)28(37)24-33-17-14-31(15-18-33)29-27(13-8-9-16-32-29)36(30(31)38)23-26-11-6-5-7-12-26/h5-9,11-13,25H,3-4,10,14-24H2,1-2H3. The first-order valence-electron chi connectivity index (χ1n) is 14.5. The van der Waals surface area contributed by atoms with Crippen molar-refractivity contribution in [2.75, 3.05) is 52.4 Å². The summed E-state index contributed by atoms with van der Waals surface area (Å²) in [5.41, 5.74) is 2.44. The van der Waals surface area contributed by atoms with Crippen LogP contribution in [-0.2, 0) is 16.1 Å². The molecule has 0 bridgehead atoms. The molecule has 1 aromatic rings. The molecule has 4 heterocycles. The topological polar surface area (TPSA) is 59.5 Å². The highest BCUT2D eigenvalue weighted by atomic mass is 16.2. The number of carbonyl (C=O) groups is 2. The number of nitrogens with zero attached hydrogens (tertiary/aromatic N) is 5. The van der Waals surface area contributed by atoms with Gasteiger partial charge in [-0.1, -0.05) is 62.2 Å². The minimum atomic E-state index is -0.577. The highest BCUT2D eigenvalue weighted by Crippen LogP contribution is 2.45. The van der Waals surface area contributed by atoms with Gasteiger partial charge in [-0.2, -0.15) is 0 Å². The first-order chi connectivity index (χ1) is 18.5. The lowest BCUT2D eigenvalue weighted by molar-refractivity contribution is -0.137. The van der Waals surface area contributed by atoms with Gasteiger partial charge in [0.15, 0.2) is 0 Å². The number of rotatable bonds is 8. The Labute approximate surface area is 227 Å². The minimum absolute atomic E-state index is 0.168. The predicted molar refractivity (Wildman–Crippen MR) is 152 cm³/mol. The molecule has 1 spiro atoms. The Kier molecular flexibility index (Phi) is 8.44. The number of benzene rings is 1. The second-order valence-electron chi connectivity index (χ2n) is 11.3. The zero-order valence-electron chi connectivity index (χ0n) is 23.1. The summed E-state index contributed by atoms with van der Waals surface area (Å²) in [7, 11) is 0. The van der Waals surface area contributed by atoms with Crippen LogP contribution in [0.4, 0.5) is 0 Å². The van der Waals surface area contributed by atoms with Gasteiger partial charge in [0.05, 0.1) is 36.5 Å². The van der Waals surface area contributed by atoms with E-state index in [1.807, 2.05) is 34.1 Å². The normalized spacial score (nSPS) is 22.7. The molecule has 1 atom stereocenters. The average Bonchev–Trinajstić information content (AvgIpc) is 3.11. The maximum atomic E-state index is 14.0. The molecule has 0 saturated carbocycles. The number of amides is 2. The maximum absolute atomic E-state index is 14.0. The second kappa shape index (κ2) is 12.0. The molecule has 5 rings (SSSR count). The Morgan fingerprint density at radius 3 is 2.50 bits per heavy atom. The number of piperidine rings is 1. The number of hydrogen-bond acceptors (Lipinski definition) is 5. The van der Waals surface area contributed by atoms with Crippen LogP contribution in [0.25, 0.3) is 0 Å². The molecule has 4 aliphatic heterocycles. The van der Waals surface area contributed by atoms with E-state index in [1.54, 1.807) is 0 Å². The van der Waals surface area contributed by atoms with Crippen molar-refractivity contribution in [3.05, 3.63) is 59.8 Å². The predicted octanol–water partition coefficient (Wildman–Crippen LogP) is 3.73. The number of likely N-dealkylation sites (tertiary alicyclic amines) is 2. The summed E-state index contributed by atoms with van der Waals surface area (Å²) in [5.74, 6) is 0.391. The number of piperazine rings is 1. The summed E-state index contributed by atoms with van der Waals surface area (Å²) >= 11 is 0. The molecule has 4 aliphatic rings. The number of fused-ring (bicyclic) bond motifs is 2. The molecule has 0 radical (unpaired) electrons. The van der Waals surface area contributed by atoms with Crippen LogP contribution >= 0.6 is 0 Å². The molecule has 1 unspecified atom stereocenters. The summed E-state index contributed by atoms with van der Waals surface area (Å²) < 4.78 is 0. The van der Waals surface area contributed by atoms with Gasteiger partial charge >= 0.3 is 0 Å². The van der Waals surface area contributed by atoms with Crippen molar-refractivity contribution >= 4 is 17.5 Å². The molecule has 7 heteroatoms. The Balaban J connectivity index is 1.19. The Hall–Kier alpha value is -2.77. The van der Waals surface area contributed by atoms with Crippen LogP contribution in [0.3, 0.4) is 0 Å². The molecule has 1 aromatic carbocycles. The molecular formula is C31H43N5O2. The Bertz CT molecular complexity index is 1080. The van der Waals surface area contributed by atoms with Gasteiger partial charge in [0.1, 0.15) is 0 Å². The van der Waals surface area contributed by atoms with Crippen LogP contribution in [-0.4, -0.2) is 95.5 Å². The molecule has 3 fully saturated rings. The quantitative estimate of drug-likeness (QED) is 0.527. The zero-order valence-corrected chi connectivity index (χ0v) is 23.1. The van der Waals surface area contributed by atoms with Crippen LogP contribution < -0.4 is 0 Å². The second-order valence-corrected chi connectivity index (χ2v) is 11.3. The van der Waals surface area contributed by atoms with Crippen molar-refractivity contribution in [3.8, 4) is 0 Å². The zero-order chi connectivity index (χ0) is 26.5. The number of allylic oxidation sites excluding steroid dienone is 3. The van der Waals surface area contributed by atoms with Crippen LogP contribution in [0.5, 0.6) is 0 Å². The summed E-state index contributed by atoms with van der Waals surface area (Å²) in [6, 6.07) is 10.8. The lowest BCUT2D eigenvalue weighted by Crippen LogP contribution is -2.54. The fraction of sp³-hybridized carbons (Fsp3) is 0.581. The van der Waals surface area contributed by atoms with E-state index in [2.05, 4.69) is 47.9 Å². The van der Waals surface area contributed by atoms with Gasteiger partial charge in [-0.3, -0.25) is 24.4 Å². The van der Waals surface area contributed by atoms with Crippen molar-refractivity contribution in [1.82, 2.24) is 19.6 Å². The van der Waals surface area contributed by atoms with E-state index >= 15 is 0 Å². The minimum Gasteiger partial charge on any atom is -0.339 e. The van der Waals surface area contributed by atoms with Crippen LogP contribution in [0, 0.1) is 5.41 Å². The van der Waals surface area contributed by atoms with Crippen molar-refractivity contribution < 1.29 is 9.59 Å². The first kappa shape index (κ1) is 26.8. The average molecular weight is 518 g/mol. The summed E-state index contributed by atoms with van der Waals surface area (Å²) in [4.78, 5) is 40.8. The van der Waals surface area contributed by atoms with Crippen molar-refractivity contribution in [3.63, 3.8) is 0 Å². The van der Waals surface area contributed by atoms with Crippen LogP contribution in [0.2, 0.25) is 0 Å². The molecule has 7 nitrogen and oxygen atoms in total. The lowest BCUT2D eigenvalue weighted by atomic mass is 9.75. The summed E-state index contributed by atoms with van der Waals surface area (Å²) in [6.45, 7) is 11.2. The number of aliphatic imine (C=N–C) groups is 1. The van der Waals surface area contributed by atoms with E-state index in [0.29, 0.717) is 38.5 Å². The number of carbonyl (C=O) groups excluding carboxylic acids is 2. The largest absolute Gasteiger partial charge is 0.339 e. The van der Waals surface area contributed by atoms with Gasteiger partial charge in [0.2, 0.25) is 11.8 Å². The SMILES string of the molecule is CCCCC(C)N1CCN(C(=O)CN2CCC3(CC2)C(=O)N(Cc2ccccc2)C2=CC=CCN=C23)CC1. The van der Waals surface area contributed by atoms with Gasteiger partial charge in [0, 0.05) is 45.3 Å². The molecule has 0 aliphatic carbocycles. The third-order valence-corrected chi connectivity index (χ3v) is 8.90. The highest BCUT2D eigenvalue weighted by molar-refractivity contribution is 6.23. The van der Waals surface area contributed by atoms with E-state index in [0.717, 1.165) is 56.2 Å². The molecule has 0 N–H and O–H groups in total. The molecule has 2 amide bonds. The number of hydrogen-bond donors (Lipinski definition) is 0. The van der Waals surface area contributed by atoms with Crippen molar-refractivity contribution in [2.24, 2.45) is 10.4 Å². The van der Waals surface area contributed by atoms with Gasteiger partial charge < -0.3 is 9.80 Å². The van der Waals surface area contributed by atoms with E-state index in [9.17, 15) is 9.59 Å². The van der Waals surface area contributed by atoms with Crippen LogP contribution in [0.1, 0.15) is 51.5 Å². The van der Waals surface area contributed by atoms with Crippen molar-refractivity contribution in [2.45, 2.75) is 58.5 Å². The van der Waals surface area contributed by atoms with Gasteiger partial charge in [0.25, 0.3) is 0 Å². The van der Waals surface area contributed by atoms with Crippen molar-refractivity contribution in [1.29, 1.82) is 0 Å². The third kappa shape index (κ3) is 5.50. The monoisotopic (exact) mass is 517 g/mol. The number of unbranched alkanes of at least 4 members (excludes halogenated alkanes) is 1. The molecule has 0 aromatic heterocycles. The third-order valence-electron chi connectivity index (χ3n) is 8.90. The Morgan fingerprint density at radius 1 is 1.05 bits per heavy atom. The lowest BCUT2D eigenvalue weighted by Gasteiger charge is -2.40. The summed E-state index contributed by atoms with van der Waals surface area (Å²) in [5, 5.41) is 0. The fourth-order valence-corrected chi connectivity index (χ4v) is 6.46. The first-order valence-corrected chi connectivity index (χ1v) is 14.5. The van der Waals surface area contributed by atoms with E-state index in [1.165, 1.54) is 19.3 Å². The molecule has 3 saturated heterocycles. The van der Waals surface area contributed by atoms with Gasteiger partial charge in [-0.05, 0) is 37.8 Å². The molecule has 204 valence electrons. The van der Waals surface area contributed by atoms with E-state index < -0.39 is 5.41 Å². The molecule has 38 heavy (non-hydrogen) atoms. The van der Waals surface area contributed by atoms with Gasteiger partial charge in [-0.25, -0.2) is 0 Å². The van der Waals surface area contributed by atoms with Crippen LogP contribution in [0.15, 0.2) is 59.2 Å². The maximum Gasteiger partial charge on any atom is 0.239 e.